The Labute approximate surface area is 210 Å². The molecule has 1 saturated heterocycles. The molecule has 182 valence electrons. The minimum atomic E-state index is 0. The summed E-state index contributed by atoms with van der Waals surface area (Å²) in [6.45, 7) is 5.16. The lowest BCUT2D eigenvalue weighted by molar-refractivity contribution is 0.233. The van der Waals surface area contributed by atoms with Crippen molar-refractivity contribution in [3.05, 3.63) is 54.5 Å². The predicted octanol–water partition coefficient (Wildman–Crippen LogP) is 3.95. The van der Waals surface area contributed by atoms with Gasteiger partial charge in [0.05, 0.1) is 16.7 Å². The van der Waals surface area contributed by atoms with Crippen molar-refractivity contribution in [2.75, 3.05) is 36.8 Å². The highest BCUT2D eigenvalue weighted by Crippen LogP contribution is 2.27. The van der Waals surface area contributed by atoms with Gasteiger partial charge in [0.2, 0.25) is 5.95 Å². The molecule has 3 aromatic heterocycles. The van der Waals surface area contributed by atoms with Crippen LogP contribution in [-0.2, 0) is 6.54 Å². The van der Waals surface area contributed by atoms with Crippen molar-refractivity contribution in [1.29, 1.82) is 0 Å². The van der Waals surface area contributed by atoms with Gasteiger partial charge < -0.3 is 20.9 Å². The van der Waals surface area contributed by atoms with Gasteiger partial charge in [-0.15, -0.1) is 12.4 Å². The molecule has 0 amide bonds. The minimum absolute atomic E-state index is 0. The smallest absolute Gasteiger partial charge is 0.206 e. The molecule has 35 heavy (non-hydrogen) atoms. The van der Waals surface area contributed by atoms with Gasteiger partial charge in [0.25, 0.3) is 0 Å². The van der Waals surface area contributed by atoms with E-state index in [0.717, 1.165) is 66.7 Å². The lowest BCUT2D eigenvalue weighted by atomic mass is 9.93. The molecule has 0 atom stereocenters. The fourth-order valence-corrected chi connectivity index (χ4v) is 4.47. The van der Waals surface area contributed by atoms with E-state index >= 15 is 0 Å². The molecule has 9 nitrogen and oxygen atoms in total. The summed E-state index contributed by atoms with van der Waals surface area (Å²) < 4.78 is 0. The summed E-state index contributed by atoms with van der Waals surface area (Å²) in [6.07, 6.45) is 7.19. The molecule has 1 aromatic carbocycles. The van der Waals surface area contributed by atoms with Crippen molar-refractivity contribution in [3.63, 3.8) is 0 Å². The summed E-state index contributed by atoms with van der Waals surface area (Å²) in [5.41, 5.74) is 5.00. The summed E-state index contributed by atoms with van der Waals surface area (Å²) in [6, 6.07) is 12.9. The molecule has 4 heterocycles. The van der Waals surface area contributed by atoms with Gasteiger partial charge in [-0.25, -0.2) is 19.9 Å². The SMILES string of the molecule is Cl.c1cc(CN2CCNCC2)cc(Nc2nc3ccc(-c4cc(NC5CCC5)ncn4)cc3[nH]2)n1. The zero-order chi connectivity index (χ0) is 22.7. The van der Waals surface area contributed by atoms with Crippen LogP contribution >= 0.6 is 12.4 Å². The number of rotatable bonds is 7. The van der Waals surface area contributed by atoms with Gasteiger partial charge in [-0.2, -0.15) is 0 Å². The number of nitrogens with zero attached hydrogens (tertiary/aromatic N) is 5. The quantitative estimate of drug-likeness (QED) is 0.308. The van der Waals surface area contributed by atoms with Crippen molar-refractivity contribution in [3.8, 4) is 11.3 Å². The number of aromatic amines is 1. The molecule has 4 N–H and O–H groups in total. The van der Waals surface area contributed by atoms with Crippen molar-refractivity contribution in [2.45, 2.75) is 31.8 Å². The second-order valence-corrected chi connectivity index (χ2v) is 9.08. The third-order valence-electron chi connectivity index (χ3n) is 6.59. The molecule has 2 fully saturated rings. The van der Waals surface area contributed by atoms with Crippen molar-refractivity contribution >= 4 is 41.0 Å². The number of fused-ring (bicyclic) bond motifs is 1. The fraction of sp³-hybridized carbons (Fsp3) is 0.360. The van der Waals surface area contributed by atoms with E-state index < -0.39 is 0 Å². The zero-order valence-corrected chi connectivity index (χ0v) is 20.3. The van der Waals surface area contributed by atoms with Crippen LogP contribution in [0.4, 0.5) is 17.6 Å². The highest BCUT2D eigenvalue weighted by Gasteiger charge is 2.17. The van der Waals surface area contributed by atoms with Crippen LogP contribution < -0.4 is 16.0 Å². The second-order valence-electron chi connectivity index (χ2n) is 9.08. The van der Waals surface area contributed by atoms with Gasteiger partial charge in [0, 0.05) is 56.6 Å². The maximum atomic E-state index is 4.69. The number of hydrogen-bond acceptors (Lipinski definition) is 8. The lowest BCUT2D eigenvalue weighted by Crippen LogP contribution is -2.42. The Hall–Kier alpha value is -3.27. The van der Waals surface area contributed by atoms with Crippen molar-refractivity contribution in [2.24, 2.45) is 0 Å². The van der Waals surface area contributed by atoms with Crippen LogP contribution in [0, 0.1) is 0 Å². The fourth-order valence-electron chi connectivity index (χ4n) is 4.47. The maximum absolute atomic E-state index is 4.69. The van der Waals surface area contributed by atoms with Crippen LogP contribution in [0.3, 0.4) is 0 Å². The average molecular weight is 492 g/mol. The molecule has 0 unspecified atom stereocenters. The highest BCUT2D eigenvalue weighted by atomic mass is 35.5. The number of anilines is 3. The number of piperazine rings is 1. The Kier molecular flexibility index (Phi) is 7.08. The molecule has 4 aromatic rings. The van der Waals surface area contributed by atoms with Gasteiger partial charge in [0.15, 0.2) is 0 Å². The maximum Gasteiger partial charge on any atom is 0.206 e. The number of aromatic nitrogens is 5. The van der Waals surface area contributed by atoms with E-state index in [1.807, 2.05) is 18.3 Å². The summed E-state index contributed by atoms with van der Waals surface area (Å²) in [4.78, 5) is 23.9. The van der Waals surface area contributed by atoms with Gasteiger partial charge in [-0.1, -0.05) is 6.07 Å². The van der Waals surface area contributed by atoms with E-state index in [1.54, 1.807) is 6.33 Å². The summed E-state index contributed by atoms with van der Waals surface area (Å²) in [7, 11) is 0. The lowest BCUT2D eigenvalue weighted by Gasteiger charge is -2.27. The van der Waals surface area contributed by atoms with E-state index in [1.165, 1.54) is 24.8 Å². The molecule has 2 aliphatic rings. The topological polar surface area (TPSA) is 107 Å². The normalized spacial score (nSPS) is 16.5. The summed E-state index contributed by atoms with van der Waals surface area (Å²) in [5.74, 6) is 2.34. The first-order valence-electron chi connectivity index (χ1n) is 12.0. The van der Waals surface area contributed by atoms with E-state index in [4.69, 9.17) is 4.98 Å². The molecule has 0 spiro atoms. The molecule has 10 heteroatoms. The third kappa shape index (κ3) is 5.53. The molecule has 1 aliphatic heterocycles. The number of pyridine rings is 1. The van der Waals surface area contributed by atoms with Gasteiger partial charge >= 0.3 is 0 Å². The number of halogens is 1. The number of hydrogen-bond donors (Lipinski definition) is 4. The summed E-state index contributed by atoms with van der Waals surface area (Å²) in [5, 5.41) is 10.2. The molecule has 1 aliphatic carbocycles. The average Bonchev–Trinajstić information content (AvgIpc) is 3.24. The Bertz CT molecular complexity index is 1280. The number of nitrogens with one attached hydrogen (secondary N) is 4. The van der Waals surface area contributed by atoms with Gasteiger partial charge in [-0.3, -0.25) is 4.90 Å². The van der Waals surface area contributed by atoms with Crippen LogP contribution in [0.15, 0.2) is 48.9 Å². The van der Waals surface area contributed by atoms with Crippen LogP contribution in [0.2, 0.25) is 0 Å². The van der Waals surface area contributed by atoms with E-state index in [9.17, 15) is 0 Å². The monoisotopic (exact) mass is 491 g/mol. The largest absolute Gasteiger partial charge is 0.367 e. The van der Waals surface area contributed by atoms with Gasteiger partial charge in [0.1, 0.15) is 18.0 Å². The first-order chi connectivity index (χ1) is 16.8. The standard InChI is InChI=1S/C25H29N9.ClH/c1-2-19(3-1)30-24-14-21(28-16-29-24)18-4-5-20-22(13-18)32-25(31-20)33-23-12-17(6-7-27-23)15-34-10-8-26-9-11-34;/h4-7,12-14,16,19,26H,1-3,8-11,15H2,(H,28,29,30)(H2,27,31,32,33);1H. The highest BCUT2D eigenvalue weighted by molar-refractivity contribution is 5.85. The Balaban J connectivity index is 0.00000253. The minimum Gasteiger partial charge on any atom is -0.367 e. The van der Waals surface area contributed by atoms with Crippen LogP contribution in [0.25, 0.3) is 22.3 Å². The second kappa shape index (κ2) is 10.6. The predicted molar refractivity (Wildman–Crippen MR) is 141 cm³/mol. The van der Waals surface area contributed by atoms with Crippen molar-refractivity contribution in [1.82, 2.24) is 35.1 Å². The Morgan fingerprint density at radius 2 is 1.86 bits per heavy atom. The van der Waals surface area contributed by atoms with Gasteiger partial charge in [-0.05, 0) is 49.1 Å². The van der Waals surface area contributed by atoms with Crippen molar-refractivity contribution < 1.29 is 0 Å². The Morgan fingerprint density at radius 3 is 2.69 bits per heavy atom. The summed E-state index contributed by atoms with van der Waals surface area (Å²) >= 11 is 0. The first kappa shape index (κ1) is 23.5. The van der Waals surface area contributed by atoms with Crippen LogP contribution in [0.1, 0.15) is 24.8 Å². The van der Waals surface area contributed by atoms with E-state index in [0.29, 0.717) is 12.0 Å². The molecule has 6 rings (SSSR count). The zero-order valence-electron chi connectivity index (χ0n) is 19.5. The molecule has 0 bridgehead atoms. The molecule has 1 saturated carbocycles. The number of imidazole rings is 1. The number of benzene rings is 1. The van der Waals surface area contributed by atoms with E-state index in [-0.39, 0.29) is 12.4 Å². The first-order valence-corrected chi connectivity index (χ1v) is 12.0. The number of H-pyrrole nitrogens is 1. The molecular weight excluding hydrogens is 462 g/mol. The molecule has 0 radical (unpaired) electrons. The van der Waals surface area contributed by atoms with Crippen LogP contribution in [-0.4, -0.2) is 62.0 Å². The molecular formula is C25H30ClN9. The van der Waals surface area contributed by atoms with Crippen LogP contribution in [0.5, 0.6) is 0 Å². The van der Waals surface area contributed by atoms with E-state index in [2.05, 4.69) is 65.1 Å². The third-order valence-corrected chi connectivity index (χ3v) is 6.59. The Morgan fingerprint density at radius 1 is 0.971 bits per heavy atom.